The molecule has 1 aromatic carbocycles. The van der Waals surface area contributed by atoms with Crippen LogP contribution in [-0.4, -0.2) is 62.3 Å². The Kier molecular flexibility index (Phi) is 5.11. The number of amides is 1. The van der Waals surface area contributed by atoms with Gasteiger partial charge < -0.3 is 14.9 Å². The van der Waals surface area contributed by atoms with Gasteiger partial charge in [0.15, 0.2) is 5.60 Å². The van der Waals surface area contributed by atoms with Gasteiger partial charge in [-0.1, -0.05) is 5.16 Å². The van der Waals surface area contributed by atoms with Gasteiger partial charge in [-0.2, -0.15) is 4.31 Å². The summed E-state index contributed by atoms with van der Waals surface area (Å²) in [5.74, 6) is -0.810. The minimum Gasteiger partial charge on any atom is -0.387 e. The van der Waals surface area contributed by atoms with Gasteiger partial charge in [0.2, 0.25) is 10.0 Å². The molecule has 1 aromatic rings. The van der Waals surface area contributed by atoms with Gasteiger partial charge in [-0.25, -0.2) is 12.8 Å². The summed E-state index contributed by atoms with van der Waals surface area (Å²) in [6.07, 6.45) is 2.62. The molecule has 2 saturated heterocycles. The van der Waals surface area contributed by atoms with E-state index in [1.54, 1.807) is 0 Å². The summed E-state index contributed by atoms with van der Waals surface area (Å²) in [7, 11) is -3.76. The molecule has 152 valence electrons. The second-order valence-electron chi connectivity index (χ2n) is 7.38. The summed E-state index contributed by atoms with van der Waals surface area (Å²) < 4.78 is 45.4. The summed E-state index contributed by atoms with van der Waals surface area (Å²) in [5.41, 5.74) is -0.567. The number of nitrogens with one attached hydrogen (secondary N) is 1. The molecular weight excluding hydrogens is 389 g/mol. The largest absolute Gasteiger partial charge is 0.387 e. The lowest BCUT2D eigenvalue weighted by atomic mass is 9.96. The second-order valence-corrected chi connectivity index (χ2v) is 9.31. The van der Waals surface area contributed by atoms with Crippen molar-refractivity contribution in [1.29, 1.82) is 0 Å². The van der Waals surface area contributed by atoms with Crippen LogP contribution >= 0.6 is 0 Å². The molecule has 3 aliphatic rings. The number of ether oxygens (including phenoxy) is 1. The molecule has 0 unspecified atom stereocenters. The van der Waals surface area contributed by atoms with Gasteiger partial charge in [-0.3, -0.25) is 4.79 Å². The highest BCUT2D eigenvalue weighted by Gasteiger charge is 2.49. The van der Waals surface area contributed by atoms with E-state index in [1.807, 2.05) is 0 Å². The van der Waals surface area contributed by atoms with Crippen LogP contribution in [0.1, 0.15) is 25.7 Å². The molecule has 2 atom stereocenters. The van der Waals surface area contributed by atoms with E-state index in [0.29, 0.717) is 19.6 Å². The van der Waals surface area contributed by atoms with Crippen LogP contribution in [0.2, 0.25) is 0 Å². The van der Waals surface area contributed by atoms with E-state index < -0.39 is 21.4 Å². The Labute approximate surface area is 162 Å². The Balaban J connectivity index is 1.36. The zero-order valence-electron chi connectivity index (χ0n) is 15.3. The van der Waals surface area contributed by atoms with E-state index in [1.165, 1.54) is 16.4 Å². The van der Waals surface area contributed by atoms with Crippen LogP contribution in [0.5, 0.6) is 0 Å². The lowest BCUT2D eigenvalue weighted by molar-refractivity contribution is -0.115. The molecule has 2 fully saturated rings. The van der Waals surface area contributed by atoms with Gasteiger partial charge in [-0.15, -0.1) is 0 Å². The lowest BCUT2D eigenvalue weighted by Gasteiger charge is -2.21. The van der Waals surface area contributed by atoms with Crippen LogP contribution in [-0.2, 0) is 24.4 Å². The number of carbonyl (C=O) groups excluding carboxylic acids is 1. The summed E-state index contributed by atoms with van der Waals surface area (Å²) in [6.45, 7) is 1.49. The highest BCUT2D eigenvalue weighted by molar-refractivity contribution is 7.89. The van der Waals surface area contributed by atoms with E-state index in [9.17, 15) is 17.6 Å². The van der Waals surface area contributed by atoms with Crippen molar-refractivity contribution < 1.29 is 27.2 Å². The molecule has 0 saturated carbocycles. The van der Waals surface area contributed by atoms with E-state index in [4.69, 9.17) is 9.57 Å². The van der Waals surface area contributed by atoms with Gasteiger partial charge in [0.1, 0.15) is 11.5 Å². The molecule has 28 heavy (non-hydrogen) atoms. The van der Waals surface area contributed by atoms with Crippen molar-refractivity contribution in [2.75, 3.05) is 26.2 Å². The summed E-state index contributed by atoms with van der Waals surface area (Å²) in [4.78, 5) is 17.9. The minimum absolute atomic E-state index is 0.0272. The highest BCUT2D eigenvalue weighted by Crippen LogP contribution is 2.36. The first-order valence-electron chi connectivity index (χ1n) is 9.29. The smallest absolute Gasteiger partial charge is 0.269 e. The van der Waals surface area contributed by atoms with E-state index in [0.717, 1.165) is 25.0 Å². The summed E-state index contributed by atoms with van der Waals surface area (Å²) >= 11 is 0. The number of halogens is 1. The molecule has 3 aliphatic heterocycles. The molecule has 1 amide bonds. The van der Waals surface area contributed by atoms with Gasteiger partial charge in [0.25, 0.3) is 5.91 Å². The van der Waals surface area contributed by atoms with Crippen molar-refractivity contribution in [1.82, 2.24) is 9.62 Å². The van der Waals surface area contributed by atoms with Crippen molar-refractivity contribution in [3.8, 4) is 0 Å². The third kappa shape index (κ3) is 3.76. The standard InChI is InChI=1S/C18H22FN3O5S/c19-13-3-5-15(6-4-13)28(24,25)22-8-7-18(12-22)10-16(21-27-18)17(23)20-11-14-2-1-9-26-14/h3-6,14H,1-2,7-12H2,(H,20,23)/t14-,18+/m0/s1. The second kappa shape index (κ2) is 7.41. The Hall–Kier alpha value is -2.04. The quantitative estimate of drug-likeness (QED) is 0.781. The Morgan fingerprint density at radius 3 is 2.86 bits per heavy atom. The molecule has 1 N–H and O–H groups in total. The number of rotatable bonds is 5. The normalized spacial score (nSPS) is 27.8. The van der Waals surface area contributed by atoms with E-state index in [2.05, 4.69) is 10.5 Å². The van der Waals surface area contributed by atoms with Gasteiger partial charge in [-0.05, 0) is 37.1 Å². The molecule has 0 radical (unpaired) electrons. The number of oxime groups is 1. The fourth-order valence-corrected chi connectivity index (χ4v) is 5.26. The molecule has 1 spiro atoms. The summed E-state index contributed by atoms with van der Waals surface area (Å²) in [5, 5.41) is 6.71. The molecule has 0 aromatic heterocycles. The molecule has 8 nitrogen and oxygen atoms in total. The SMILES string of the molecule is O=C(NC[C@@H]1CCCO1)C1=NO[C@]2(CCN(S(=O)(=O)c3ccc(F)cc3)C2)C1. The topological polar surface area (TPSA) is 97.3 Å². The maximum Gasteiger partial charge on any atom is 0.269 e. The highest BCUT2D eigenvalue weighted by atomic mass is 32.2. The zero-order chi connectivity index (χ0) is 19.8. The first-order valence-corrected chi connectivity index (χ1v) is 10.7. The maximum absolute atomic E-state index is 13.1. The monoisotopic (exact) mass is 411 g/mol. The van der Waals surface area contributed by atoms with E-state index in [-0.39, 0.29) is 42.1 Å². The molecule has 3 heterocycles. The van der Waals surface area contributed by atoms with Crippen molar-refractivity contribution in [2.45, 2.75) is 42.3 Å². The zero-order valence-corrected chi connectivity index (χ0v) is 16.1. The fraction of sp³-hybridized carbons (Fsp3) is 0.556. The average molecular weight is 411 g/mol. The van der Waals surface area contributed by atoms with Crippen LogP contribution in [0.25, 0.3) is 0 Å². The fourth-order valence-electron chi connectivity index (χ4n) is 3.74. The maximum atomic E-state index is 13.1. The van der Waals surface area contributed by atoms with E-state index >= 15 is 0 Å². The van der Waals surface area contributed by atoms with Gasteiger partial charge in [0, 0.05) is 32.5 Å². The van der Waals surface area contributed by atoms with Crippen molar-refractivity contribution in [3.05, 3.63) is 30.1 Å². The number of benzene rings is 1. The predicted molar refractivity (Wildman–Crippen MR) is 97.6 cm³/mol. The first-order chi connectivity index (χ1) is 13.4. The van der Waals surface area contributed by atoms with Crippen LogP contribution < -0.4 is 5.32 Å². The third-order valence-corrected chi connectivity index (χ3v) is 7.21. The van der Waals surface area contributed by atoms with Crippen LogP contribution in [0.4, 0.5) is 4.39 Å². The Morgan fingerprint density at radius 2 is 2.14 bits per heavy atom. The third-order valence-electron chi connectivity index (χ3n) is 5.35. The molecular formula is C18H22FN3O5S. The lowest BCUT2D eigenvalue weighted by Crippen LogP contribution is -2.40. The number of nitrogens with zero attached hydrogens (tertiary/aromatic N) is 2. The van der Waals surface area contributed by atoms with Crippen LogP contribution in [0.15, 0.2) is 34.3 Å². The first kappa shape index (κ1) is 19.3. The van der Waals surface area contributed by atoms with Crippen LogP contribution in [0.3, 0.4) is 0 Å². The molecule has 0 bridgehead atoms. The van der Waals surface area contributed by atoms with Crippen molar-refractivity contribution in [2.24, 2.45) is 5.16 Å². The predicted octanol–water partition coefficient (Wildman–Crippen LogP) is 1.03. The molecule has 0 aliphatic carbocycles. The molecule has 4 rings (SSSR count). The summed E-state index contributed by atoms with van der Waals surface area (Å²) in [6, 6.07) is 4.71. The minimum atomic E-state index is -3.76. The Bertz CT molecular complexity index is 883. The number of carbonyl (C=O) groups is 1. The van der Waals surface area contributed by atoms with Gasteiger partial charge >= 0.3 is 0 Å². The molecule has 10 heteroatoms. The number of hydrogen-bond donors (Lipinski definition) is 1. The number of sulfonamides is 1. The van der Waals surface area contributed by atoms with Crippen molar-refractivity contribution >= 4 is 21.6 Å². The number of hydrogen-bond acceptors (Lipinski definition) is 6. The van der Waals surface area contributed by atoms with Crippen molar-refractivity contribution in [3.63, 3.8) is 0 Å². The average Bonchev–Trinajstić information content (AvgIpc) is 3.42. The van der Waals surface area contributed by atoms with Crippen LogP contribution in [0, 0.1) is 5.82 Å². The Morgan fingerprint density at radius 1 is 1.36 bits per heavy atom. The van der Waals surface area contributed by atoms with Gasteiger partial charge in [0.05, 0.1) is 17.5 Å².